The van der Waals surface area contributed by atoms with E-state index in [-0.39, 0.29) is 18.3 Å². The van der Waals surface area contributed by atoms with Crippen molar-refractivity contribution in [3.8, 4) is 11.5 Å². The third-order valence-electron chi connectivity index (χ3n) is 3.00. The lowest BCUT2D eigenvalue weighted by Crippen LogP contribution is -2.15. The molecule has 0 saturated carbocycles. The second-order valence-corrected chi connectivity index (χ2v) is 4.32. The van der Waals surface area contributed by atoms with Gasteiger partial charge in [-0.2, -0.15) is 0 Å². The van der Waals surface area contributed by atoms with E-state index in [1.54, 1.807) is 32.2 Å². The Morgan fingerprint density at radius 3 is 2.37 bits per heavy atom. The highest BCUT2D eigenvalue weighted by Gasteiger charge is 2.21. The number of rotatable bonds is 6. The summed E-state index contributed by atoms with van der Waals surface area (Å²) in [6.07, 6.45) is -0.606. The molecule has 0 bridgehead atoms. The van der Waals surface area contributed by atoms with Gasteiger partial charge in [0, 0.05) is 0 Å². The first-order valence-electron chi connectivity index (χ1n) is 6.00. The van der Waals surface area contributed by atoms with Crippen molar-refractivity contribution in [1.82, 2.24) is 0 Å². The summed E-state index contributed by atoms with van der Waals surface area (Å²) in [6, 6.07) is 5.18. The van der Waals surface area contributed by atoms with Crippen molar-refractivity contribution in [3.63, 3.8) is 0 Å². The van der Waals surface area contributed by atoms with Gasteiger partial charge < -0.3 is 19.3 Å². The van der Waals surface area contributed by atoms with Crippen molar-refractivity contribution >= 4 is 5.97 Å². The van der Waals surface area contributed by atoms with Gasteiger partial charge in [-0.3, -0.25) is 4.79 Å². The Hall–Kier alpha value is -1.75. The monoisotopic (exact) mass is 268 g/mol. The van der Waals surface area contributed by atoms with Gasteiger partial charge in [0.05, 0.1) is 33.9 Å². The van der Waals surface area contributed by atoms with Crippen molar-refractivity contribution in [1.29, 1.82) is 0 Å². The smallest absolute Gasteiger partial charge is 0.305 e. The van der Waals surface area contributed by atoms with Gasteiger partial charge in [-0.25, -0.2) is 0 Å². The van der Waals surface area contributed by atoms with Crippen LogP contribution in [0.4, 0.5) is 0 Å². The molecule has 5 nitrogen and oxygen atoms in total. The molecule has 0 aromatic heterocycles. The fourth-order valence-electron chi connectivity index (χ4n) is 1.82. The van der Waals surface area contributed by atoms with E-state index < -0.39 is 6.10 Å². The zero-order valence-corrected chi connectivity index (χ0v) is 11.7. The molecule has 0 fully saturated rings. The Kier molecular flexibility index (Phi) is 5.63. The predicted octanol–water partition coefficient (Wildman–Crippen LogP) is 1.94. The molecule has 0 amide bonds. The summed E-state index contributed by atoms with van der Waals surface area (Å²) in [4.78, 5) is 11.2. The lowest BCUT2D eigenvalue weighted by Gasteiger charge is -2.19. The number of methoxy groups -OCH3 is 3. The van der Waals surface area contributed by atoms with E-state index in [9.17, 15) is 9.90 Å². The highest BCUT2D eigenvalue weighted by atomic mass is 16.5. The van der Waals surface area contributed by atoms with Gasteiger partial charge in [0.1, 0.15) is 0 Å². The van der Waals surface area contributed by atoms with Crippen LogP contribution >= 0.6 is 0 Å². The van der Waals surface area contributed by atoms with Crippen LogP contribution in [0, 0.1) is 5.92 Å². The van der Waals surface area contributed by atoms with Crippen LogP contribution in [0.15, 0.2) is 18.2 Å². The maximum Gasteiger partial charge on any atom is 0.305 e. The highest BCUT2D eigenvalue weighted by Crippen LogP contribution is 2.33. The minimum Gasteiger partial charge on any atom is -0.493 e. The molecule has 1 rings (SSSR count). The van der Waals surface area contributed by atoms with E-state index >= 15 is 0 Å². The number of esters is 1. The summed E-state index contributed by atoms with van der Waals surface area (Å²) in [5.41, 5.74) is 0.675. The Labute approximate surface area is 113 Å². The van der Waals surface area contributed by atoms with Crippen LogP contribution in [0.3, 0.4) is 0 Å². The molecule has 2 atom stereocenters. The van der Waals surface area contributed by atoms with Crippen molar-refractivity contribution in [2.24, 2.45) is 5.92 Å². The fraction of sp³-hybridized carbons (Fsp3) is 0.500. The quantitative estimate of drug-likeness (QED) is 0.799. The molecule has 2 unspecified atom stereocenters. The van der Waals surface area contributed by atoms with E-state index in [0.717, 1.165) is 0 Å². The number of benzene rings is 1. The van der Waals surface area contributed by atoms with E-state index in [1.165, 1.54) is 14.2 Å². The van der Waals surface area contributed by atoms with Crippen LogP contribution in [0.5, 0.6) is 11.5 Å². The zero-order valence-electron chi connectivity index (χ0n) is 11.7. The number of carbonyl (C=O) groups is 1. The van der Waals surface area contributed by atoms with Crippen LogP contribution in [0.1, 0.15) is 25.0 Å². The summed E-state index contributed by atoms with van der Waals surface area (Å²) < 4.78 is 14.9. The topological polar surface area (TPSA) is 65.0 Å². The minimum absolute atomic E-state index is 0.159. The standard InChI is InChI=1S/C14H20O5/c1-9(7-13(15)19-4)14(16)10-5-6-11(17-2)12(8-10)18-3/h5-6,8-9,14,16H,7H2,1-4H3. The summed E-state index contributed by atoms with van der Waals surface area (Å²) >= 11 is 0. The first-order valence-corrected chi connectivity index (χ1v) is 6.00. The predicted molar refractivity (Wildman–Crippen MR) is 70.3 cm³/mol. The summed E-state index contributed by atoms with van der Waals surface area (Å²) in [5, 5.41) is 10.2. The van der Waals surface area contributed by atoms with Gasteiger partial charge >= 0.3 is 5.97 Å². The zero-order chi connectivity index (χ0) is 14.4. The van der Waals surface area contributed by atoms with E-state index in [4.69, 9.17) is 9.47 Å². The Balaban J connectivity index is 2.87. The molecule has 0 radical (unpaired) electrons. The Morgan fingerprint density at radius 1 is 1.21 bits per heavy atom. The number of aliphatic hydroxyl groups excluding tert-OH is 1. The lowest BCUT2D eigenvalue weighted by molar-refractivity contribution is -0.142. The second-order valence-electron chi connectivity index (χ2n) is 4.32. The molecule has 19 heavy (non-hydrogen) atoms. The molecule has 0 spiro atoms. The number of aliphatic hydroxyl groups is 1. The molecule has 0 saturated heterocycles. The number of ether oxygens (including phenoxy) is 3. The molecule has 1 aromatic carbocycles. The van der Waals surface area contributed by atoms with Crippen molar-refractivity contribution in [2.75, 3.05) is 21.3 Å². The highest BCUT2D eigenvalue weighted by molar-refractivity contribution is 5.69. The summed E-state index contributed by atoms with van der Waals surface area (Å²) in [7, 11) is 4.41. The minimum atomic E-state index is -0.765. The molecule has 0 aliphatic rings. The van der Waals surface area contributed by atoms with Crippen molar-refractivity contribution < 1.29 is 24.1 Å². The molecular formula is C14H20O5. The normalized spacial score (nSPS) is 13.5. The Morgan fingerprint density at radius 2 is 1.84 bits per heavy atom. The van der Waals surface area contributed by atoms with Gasteiger partial charge in [0.25, 0.3) is 0 Å². The third-order valence-corrected chi connectivity index (χ3v) is 3.00. The molecular weight excluding hydrogens is 248 g/mol. The van der Waals surface area contributed by atoms with Gasteiger partial charge in [-0.05, 0) is 23.6 Å². The second kappa shape index (κ2) is 6.99. The SMILES string of the molecule is COC(=O)CC(C)C(O)c1ccc(OC)c(OC)c1. The maximum atomic E-state index is 11.2. The molecule has 1 N–H and O–H groups in total. The Bertz CT molecular complexity index is 430. The van der Waals surface area contributed by atoms with Crippen LogP contribution in [-0.2, 0) is 9.53 Å². The largest absolute Gasteiger partial charge is 0.493 e. The van der Waals surface area contributed by atoms with Crippen LogP contribution in [-0.4, -0.2) is 32.4 Å². The molecule has 0 heterocycles. The molecule has 0 aliphatic heterocycles. The first-order chi connectivity index (χ1) is 9.03. The lowest BCUT2D eigenvalue weighted by atomic mass is 9.94. The molecule has 5 heteroatoms. The van der Waals surface area contributed by atoms with Gasteiger partial charge in [-0.15, -0.1) is 0 Å². The van der Waals surface area contributed by atoms with Gasteiger partial charge in [0.2, 0.25) is 0 Å². The van der Waals surface area contributed by atoms with Crippen molar-refractivity contribution in [2.45, 2.75) is 19.4 Å². The molecule has 1 aromatic rings. The maximum absolute atomic E-state index is 11.2. The van der Waals surface area contributed by atoms with Gasteiger partial charge in [0.15, 0.2) is 11.5 Å². The van der Waals surface area contributed by atoms with Crippen LogP contribution in [0.25, 0.3) is 0 Å². The summed E-state index contributed by atoms with van der Waals surface area (Å²) in [5.74, 6) is 0.556. The van der Waals surface area contributed by atoms with E-state index in [0.29, 0.717) is 17.1 Å². The average Bonchev–Trinajstić information content (AvgIpc) is 2.45. The average molecular weight is 268 g/mol. The van der Waals surface area contributed by atoms with Crippen molar-refractivity contribution in [3.05, 3.63) is 23.8 Å². The van der Waals surface area contributed by atoms with Crippen LogP contribution in [0.2, 0.25) is 0 Å². The number of hydrogen-bond donors (Lipinski definition) is 1. The van der Waals surface area contributed by atoms with Gasteiger partial charge in [-0.1, -0.05) is 13.0 Å². The third kappa shape index (κ3) is 3.86. The number of hydrogen-bond acceptors (Lipinski definition) is 5. The summed E-state index contributed by atoms with van der Waals surface area (Å²) in [6.45, 7) is 1.79. The molecule has 106 valence electrons. The van der Waals surface area contributed by atoms with E-state index in [2.05, 4.69) is 4.74 Å². The fourth-order valence-corrected chi connectivity index (χ4v) is 1.82. The first kappa shape index (κ1) is 15.3. The molecule has 0 aliphatic carbocycles. The van der Waals surface area contributed by atoms with Crippen LogP contribution < -0.4 is 9.47 Å². The number of carbonyl (C=O) groups excluding carboxylic acids is 1. The van der Waals surface area contributed by atoms with E-state index in [1.807, 2.05) is 0 Å².